The number of nitrogens with zero attached hydrogens (tertiary/aromatic N) is 1. The summed E-state index contributed by atoms with van der Waals surface area (Å²) in [6.45, 7) is 10.1. The zero-order valence-electron chi connectivity index (χ0n) is 19.1. The molecule has 2 atom stereocenters. The molecule has 0 heterocycles. The molecule has 1 N–H and O–H groups in total. The van der Waals surface area contributed by atoms with Crippen molar-refractivity contribution in [2.45, 2.75) is 66.1 Å². The minimum atomic E-state index is -0.557. The van der Waals surface area contributed by atoms with Crippen molar-refractivity contribution in [3.63, 3.8) is 0 Å². The van der Waals surface area contributed by atoms with Crippen molar-refractivity contribution < 1.29 is 14.3 Å². The summed E-state index contributed by atoms with van der Waals surface area (Å²) in [6.07, 6.45) is 1.36. The number of nitrogens with one attached hydrogen (secondary N) is 1. The van der Waals surface area contributed by atoms with Crippen molar-refractivity contribution in [1.29, 1.82) is 0 Å². The van der Waals surface area contributed by atoms with Crippen LogP contribution in [0.4, 0.5) is 0 Å². The van der Waals surface area contributed by atoms with Crippen LogP contribution < -0.4 is 10.1 Å². The molecule has 2 aromatic carbocycles. The Morgan fingerprint density at radius 1 is 1.06 bits per heavy atom. The van der Waals surface area contributed by atoms with Crippen LogP contribution in [0, 0.1) is 13.8 Å². The third-order valence-electron chi connectivity index (χ3n) is 5.35. The Bertz CT molecular complexity index is 883. The number of aryl methyl sites for hydroxylation is 2. The second-order valence-electron chi connectivity index (χ2n) is 7.95. The minimum absolute atomic E-state index is 0.0554. The summed E-state index contributed by atoms with van der Waals surface area (Å²) >= 11 is 3.47. The number of hydrogen-bond acceptors (Lipinski definition) is 3. The van der Waals surface area contributed by atoms with E-state index in [9.17, 15) is 9.59 Å². The molecule has 2 aromatic rings. The highest BCUT2D eigenvalue weighted by atomic mass is 79.9. The molecule has 0 aliphatic rings. The van der Waals surface area contributed by atoms with Gasteiger partial charge in [0.25, 0.3) is 5.91 Å². The molecule has 0 radical (unpaired) electrons. The average Bonchev–Trinajstić information content (AvgIpc) is 2.75. The molecule has 168 valence electrons. The van der Waals surface area contributed by atoms with E-state index in [-0.39, 0.29) is 24.5 Å². The molecule has 2 rings (SSSR count). The van der Waals surface area contributed by atoms with Gasteiger partial charge in [-0.25, -0.2) is 0 Å². The highest BCUT2D eigenvalue weighted by molar-refractivity contribution is 9.10. The van der Waals surface area contributed by atoms with Crippen molar-refractivity contribution in [3.05, 3.63) is 63.6 Å². The fourth-order valence-electron chi connectivity index (χ4n) is 3.19. The summed E-state index contributed by atoms with van der Waals surface area (Å²) in [7, 11) is 0. The first-order valence-corrected chi connectivity index (χ1v) is 11.6. The van der Waals surface area contributed by atoms with Gasteiger partial charge in [0.15, 0.2) is 6.61 Å². The molecule has 0 saturated heterocycles. The number of rotatable bonds is 10. The van der Waals surface area contributed by atoms with Crippen molar-refractivity contribution in [1.82, 2.24) is 10.2 Å². The van der Waals surface area contributed by atoms with Crippen molar-refractivity contribution >= 4 is 27.7 Å². The van der Waals surface area contributed by atoms with Crippen LogP contribution in [0.25, 0.3) is 0 Å². The Labute approximate surface area is 194 Å². The van der Waals surface area contributed by atoms with E-state index in [1.54, 1.807) is 4.90 Å². The fourth-order valence-corrected chi connectivity index (χ4v) is 3.43. The monoisotopic (exact) mass is 488 g/mol. The van der Waals surface area contributed by atoms with E-state index in [2.05, 4.69) is 21.2 Å². The predicted octanol–water partition coefficient (Wildman–Crippen LogP) is 5.17. The van der Waals surface area contributed by atoms with Crippen LogP contribution in [0.3, 0.4) is 0 Å². The average molecular weight is 489 g/mol. The van der Waals surface area contributed by atoms with Gasteiger partial charge in [0, 0.05) is 17.1 Å². The van der Waals surface area contributed by atoms with E-state index in [1.165, 1.54) is 0 Å². The SMILES string of the molecule is CC[C@H](C(=O)N[C@@H](C)CC)N(Cc1ccc(C)cc1)C(=O)COc1ccc(Br)c(C)c1. The lowest BCUT2D eigenvalue weighted by molar-refractivity contribution is -0.143. The third kappa shape index (κ3) is 7.39. The van der Waals surface area contributed by atoms with Gasteiger partial charge in [0.1, 0.15) is 11.8 Å². The summed E-state index contributed by atoms with van der Waals surface area (Å²) in [5.41, 5.74) is 3.16. The van der Waals surface area contributed by atoms with Crippen LogP contribution in [0.5, 0.6) is 5.75 Å². The Kier molecular flexibility index (Phi) is 9.56. The summed E-state index contributed by atoms with van der Waals surface area (Å²) in [5, 5.41) is 3.02. The number of halogens is 1. The van der Waals surface area contributed by atoms with E-state index in [4.69, 9.17) is 4.74 Å². The van der Waals surface area contributed by atoms with E-state index >= 15 is 0 Å². The van der Waals surface area contributed by atoms with E-state index < -0.39 is 6.04 Å². The minimum Gasteiger partial charge on any atom is -0.484 e. The Morgan fingerprint density at radius 3 is 2.32 bits per heavy atom. The standard InChI is InChI=1S/C25H33BrN2O3/c1-6-19(5)27-25(30)23(7-2)28(15-20-10-8-17(3)9-11-20)24(29)16-31-21-12-13-22(26)18(4)14-21/h8-14,19,23H,6-7,15-16H2,1-5H3,(H,27,30)/t19-,23+/m0/s1. The van der Waals surface area contributed by atoms with Crippen LogP contribution in [0.15, 0.2) is 46.9 Å². The second-order valence-corrected chi connectivity index (χ2v) is 8.80. The quantitative estimate of drug-likeness (QED) is 0.501. The molecule has 0 aliphatic heterocycles. The summed E-state index contributed by atoms with van der Waals surface area (Å²) in [4.78, 5) is 27.8. The van der Waals surface area contributed by atoms with Crippen LogP contribution in [-0.2, 0) is 16.1 Å². The molecule has 0 fully saturated rings. The number of benzene rings is 2. The summed E-state index contributed by atoms with van der Waals surface area (Å²) in [6, 6.07) is 13.1. The van der Waals surface area contributed by atoms with Crippen LogP contribution in [0.2, 0.25) is 0 Å². The lowest BCUT2D eigenvalue weighted by atomic mass is 10.1. The highest BCUT2D eigenvalue weighted by Crippen LogP contribution is 2.22. The Morgan fingerprint density at radius 2 is 1.74 bits per heavy atom. The van der Waals surface area contributed by atoms with Gasteiger partial charge in [-0.1, -0.05) is 59.6 Å². The normalized spacial score (nSPS) is 12.7. The topological polar surface area (TPSA) is 58.6 Å². The number of carbonyl (C=O) groups excluding carboxylic acids is 2. The lowest BCUT2D eigenvalue weighted by Crippen LogP contribution is -2.51. The molecule has 31 heavy (non-hydrogen) atoms. The summed E-state index contributed by atoms with van der Waals surface area (Å²) in [5.74, 6) is 0.283. The third-order valence-corrected chi connectivity index (χ3v) is 6.24. The van der Waals surface area contributed by atoms with Gasteiger partial charge in [0.2, 0.25) is 5.91 Å². The van der Waals surface area contributed by atoms with E-state index in [1.807, 2.05) is 77.1 Å². The van der Waals surface area contributed by atoms with Crippen LogP contribution >= 0.6 is 15.9 Å². The molecule has 0 spiro atoms. The first-order chi connectivity index (χ1) is 14.7. The van der Waals surface area contributed by atoms with E-state index in [0.717, 1.165) is 27.6 Å². The molecule has 0 saturated carbocycles. The molecule has 0 aromatic heterocycles. The van der Waals surface area contributed by atoms with Gasteiger partial charge >= 0.3 is 0 Å². The predicted molar refractivity (Wildman–Crippen MR) is 128 cm³/mol. The smallest absolute Gasteiger partial charge is 0.261 e. The number of ether oxygens (including phenoxy) is 1. The molecule has 2 amide bonds. The maximum Gasteiger partial charge on any atom is 0.261 e. The molecular weight excluding hydrogens is 456 g/mol. The second kappa shape index (κ2) is 11.9. The molecular formula is C25H33BrN2O3. The van der Waals surface area contributed by atoms with Crippen molar-refractivity contribution in [2.24, 2.45) is 0 Å². The lowest BCUT2D eigenvalue weighted by Gasteiger charge is -2.31. The zero-order valence-corrected chi connectivity index (χ0v) is 20.7. The van der Waals surface area contributed by atoms with Gasteiger partial charge in [-0.15, -0.1) is 0 Å². The maximum absolute atomic E-state index is 13.2. The van der Waals surface area contributed by atoms with Gasteiger partial charge in [-0.05, 0) is 62.9 Å². The molecule has 0 unspecified atom stereocenters. The summed E-state index contributed by atoms with van der Waals surface area (Å²) < 4.78 is 6.76. The van der Waals surface area contributed by atoms with Crippen LogP contribution in [-0.4, -0.2) is 35.4 Å². The van der Waals surface area contributed by atoms with Crippen molar-refractivity contribution in [2.75, 3.05) is 6.61 Å². The molecule has 6 heteroatoms. The van der Waals surface area contributed by atoms with Gasteiger partial charge in [-0.2, -0.15) is 0 Å². The van der Waals surface area contributed by atoms with E-state index in [0.29, 0.717) is 18.7 Å². The van der Waals surface area contributed by atoms with Gasteiger partial charge < -0.3 is 15.0 Å². The van der Waals surface area contributed by atoms with Gasteiger partial charge in [0.05, 0.1) is 0 Å². The fraction of sp³-hybridized carbons (Fsp3) is 0.440. The zero-order chi connectivity index (χ0) is 23.0. The number of hydrogen-bond donors (Lipinski definition) is 1. The first-order valence-electron chi connectivity index (χ1n) is 10.8. The van der Waals surface area contributed by atoms with Crippen molar-refractivity contribution in [3.8, 4) is 5.75 Å². The molecule has 5 nitrogen and oxygen atoms in total. The first kappa shape index (κ1) is 24.9. The number of amides is 2. The van der Waals surface area contributed by atoms with Gasteiger partial charge in [-0.3, -0.25) is 9.59 Å². The van der Waals surface area contributed by atoms with Crippen LogP contribution in [0.1, 0.15) is 50.3 Å². The number of carbonyl (C=O) groups is 2. The highest BCUT2D eigenvalue weighted by Gasteiger charge is 2.29. The molecule has 0 bridgehead atoms. The maximum atomic E-state index is 13.2. The Hall–Kier alpha value is -2.34. The largest absolute Gasteiger partial charge is 0.484 e. The Balaban J connectivity index is 2.21. The molecule has 0 aliphatic carbocycles.